The predicted octanol–water partition coefficient (Wildman–Crippen LogP) is 3.32. The van der Waals surface area contributed by atoms with Crippen molar-refractivity contribution in [3.05, 3.63) is 102 Å². The van der Waals surface area contributed by atoms with Gasteiger partial charge < -0.3 is 10.6 Å². The van der Waals surface area contributed by atoms with Gasteiger partial charge in [-0.25, -0.2) is 0 Å². The number of carbonyl (C=O) groups excluding carboxylic acids is 2. The lowest BCUT2D eigenvalue weighted by Gasteiger charge is -2.09. The van der Waals surface area contributed by atoms with Crippen LogP contribution < -0.4 is 10.6 Å². The van der Waals surface area contributed by atoms with Gasteiger partial charge in [0.25, 0.3) is 11.8 Å². The Kier molecular flexibility index (Phi) is 6.95. The smallest absolute Gasteiger partial charge is 0.268 e. The predicted molar refractivity (Wildman–Crippen MR) is 101 cm³/mol. The van der Waals surface area contributed by atoms with E-state index >= 15 is 0 Å². The van der Waals surface area contributed by atoms with Crippen molar-refractivity contribution >= 4 is 17.9 Å². The second-order valence-corrected chi connectivity index (χ2v) is 5.17. The van der Waals surface area contributed by atoms with Crippen molar-refractivity contribution in [1.82, 2.24) is 10.6 Å². The van der Waals surface area contributed by atoms with Gasteiger partial charge in [-0.3, -0.25) is 9.59 Å². The zero-order valence-corrected chi connectivity index (χ0v) is 13.8. The quantitative estimate of drug-likeness (QED) is 0.464. The van der Waals surface area contributed by atoms with Crippen LogP contribution in [-0.4, -0.2) is 18.4 Å². The van der Waals surface area contributed by atoms with Crippen molar-refractivity contribution in [2.75, 3.05) is 6.54 Å². The Morgan fingerprint density at radius 2 is 1.60 bits per heavy atom. The van der Waals surface area contributed by atoms with E-state index in [1.54, 1.807) is 42.5 Å². The number of rotatable bonds is 7. The molecule has 0 saturated carbocycles. The van der Waals surface area contributed by atoms with Gasteiger partial charge in [-0.15, -0.1) is 6.58 Å². The Balaban J connectivity index is 2.16. The third-order valence-corrected chi connectivity index (χ3v) is 3.29. The monoisotopic (exact) mass is 332 g/mol. The first kappa shape index (κ1) is 17.9. The first-order chi connectivity index (χ1) is 12.2. The number of hydrogen-bond donors (Lipinski definition) is 2. The Bertz CT molecular complexity index is 778. The summed E-state index contributed by atoms with van der Waals surface area (Å²) in [6.07, 6.45) is 6.74. The zero-order valence-electron chi connectivity index (χ0n) is 13.8. The van der Waals surface area contributed by atoms with E-state index in [9.17, 15) is 9.59 Å². The molecule has 2 aromatic carbocycles. The lowest BCUT2D eigenvalue weighted by Crippen LogP contribution is -2.34. The summed E-state index contributed by atoms with van der Waals surface area (Å²) in [5.41, 5.74) is 1.65. The van der Waals surface area contributed by atoms with Crippen molar-refractivity contribution in [3.8, 4) is 0 Å². The molecule has 126 valence electrons. The summed E-state index contributed by atoms with van der Waals surface area (Å²) in [4.78, 5) is 24.5. The zero-order chi connectivity index (χ0) is 17.9. The Labute approximate surface area is 147 Å². The standard InChI is InChI=1S/C21H20N2O2/c1-2-16-22-21(25)19(15-9-12-17-10-5-3-6-11-17)23-20(24)18-13-7-4-8-14-18/h2-15H,1,16H2,(H,22,25)(H,23,24). The molecule has 0 radical (unpaired) electrons. The highest BCUT2D eigenvalue weighted by Gasteiger charge is 2.12. The fourth-order valence-corrected chi connectivity index (χ4v) is 2.04. The summed E-state index contributed by atoms with van der Waals surface area (Å²) in [5.74, 6) is -0.712. The largest absolute Gasteiger partial charge is 0.347 e. The van der Waals surface area contributed by atoms with Crippen LogP contribution in [0, 0.1) is 0 Å². The molecule has 0 spiro atoms. The van der Waals surface area contributed by atoms with E-state index in [0.29, 0.717) is 12.1 Å². The average molecular weight is 332 g/mol. The van der Waals surface area contributed by atoms with E-state index in [1.807, 2.05) is 42.5 Å². The van der Waals surface area contributed by atoms with E-state index < -0.39 is 0 Å². The average Bonchev–Trinajstić information content (AvgIpc) is 2.66. The molecule has 0 unspecified atom stereocenters. The molecule has 4 nitrogen and oxygen atoms in total. The summed E-state index contributed by atoms with van der Waals surface area (Å²) in [6, 6.07) is 18.4. The van der Waals surface area contributed by atoms with Gasteiger partial charge in [-0.1, -0.05) is 66.8 Å². The molecular formula is C21H20N2O2. The fraction of sp³-hybridized carbons (Fsp3) is 0.0476. The summed E-state index contributed by atoms with van der Waals surface area (Å²) in [6.45, 7) is 3.89. The minimum Gasteiger partial charge on any atom is -0.347 e. The molecule has 2 aromatic rings. The molecule has 25 heavy (non-hydrogen) atoms. The van der Waals surface area contributed by atoms with Crippen molar-refractivity contribution in [2.24, 2.45) is 0 Å². The summed E-state index contributed by atoms with van der Waals surface area (Å²) in [7, 11) is 0. The third kappa shape index (κ3) is 5.95. The van der Waals surface area contributed by atoms with Gasteiger partial charge >= 0.3 is 0 Å². The normalized spacial score (nSPS) is 11.1. The second-order valence-electron chi connectivity index (χ2n) is 5.17. The molecule has 0 bridgehead atoms. The lowest BCUT2D eigenvalue weighted by atomic mass is 10.2. The minimum atomic E-state index is -0.373. The topological polar surface area (TPSA) is 58.2 Å². The maximum Gasteiger partial charge on any atom is 0.268 e. The molecule has 0 heterocycles. The maximum absolute atomic E-state index is 12.3. The molecule has 0 aromatic heterocycles. The molecule has 0 aliphatic carbocycles. The van der Waals surface area contributed by atoms with E-state index in [2.05, 4.69) is 17.2 Å². The van der Waals surface area contributed by atoms with E-state index in [4.69, 9.17) is 0 Å². The van der Waals surface area contributed by atoms with Gasteiger partial charge in [0.15, 0.2) is 0 Å². The highest BCUT2D eigenvalue weighted by Crippen LogP contribution is 2.04. The summed E-state index contributed by atoms with van der Waals surface area (Å²) >= 11 is 0. The van der Waals surface area contributed by atoms with Crippen LogP contribution in [0.25, 0.3) is 6.08 Å². The minimum absolute atomic E-state index is 0.169. The van der Waals surface area contributed by atoms with Crippen LogP contribution in [0.3, 0.4) is 0 Å². The van der Waals surface area contributed by atoms with Gasteiger partial charge in [-0.2, -0.15) is 0 Å². The van der Waals surface area contributed by atoms with Gasteiger partial charge in [0.1, 0.15) is 5.70 Å². The van der Waals surface area contributed by atoms with Crippen LogP contribution in [0.5, 0.6) is 0 Å². The van der Waals surface area contributed by atoms with Gasteiger partial charge in [0, 0.05) is 12.1 Å². The van der Waals surface area contributed by atoms with Crippen molar-refractivity contribution < 1.29 is 9.59 Å². The van der Waals surface area contributed by atoms with Crippen molar-refractivity contribution in [1.29, 1.82) is 0 Å². The third-order valence-electron chi connectivity index (χ3n) is 3.29. The van der Waals surface area contributed by atoms with Crippen LogP contribution in [0.15, 0.2) is 91.2 Å². The molecule has 2 rings (SSSR count). The molecule has 0 aliphatic heterocycles. The molecular weight excluding hydrogens is 312 g/mol. The number of carbonyl (C=O) groups is 2. The molecule has 0 aliphatic rings. The van der Waals surface area contributed by atoms with Gasteiger partial charge in [0.2, 0.25) is 0 Å². The molecule has 0 atom stereocenters. The molecule has 0 saturated heterocycles. The van der Waals surface area contributed by atoms with E-state index in [-0.39, 0.29) is 17.5 Å². The van der Waals surface area contributed by atoms with Crippen molar-refractivity contribution in [2.45, 2.75) is 0 Å². The number of benzene rings is 2. The van der Waals surface area contributed by atoms with Crippen LogP contribution >= 0.6 is 0 Å². The molecule has 2 N–H and O–H groups in total. The van der Waals surface area contributed by atoms with E-state index in [1.165, 1.54) is 0 Å². The SMILES string of the molecule is C=CCNC(=O)C(=CC=Cc1ccccc1)NC(=O)c1ccccc1. The lowest BCUT2D eigenvalue weighted by molar-refractivity contribution is -0.117. The number of allylic oxidation sites excluding steroid dienone is 2. The molecule has 4 heteroatoms. The van der Waals surface area contributed by atoms with Crippen molar-refractivity contribution in [3.63, 3.8) is 0 Å². The van der Waals surface area contributed by atoms with Gasteiger partial charge in [-0.05, 0) is 23.8 Å². The second kappa shape index (κ2) is 9.67. The van der Waals surface area contributed by atoms with Crippen LogP contribution in [-0.2, 0) is 4.79 Å². The highest BCUT2D eigenvalue weighted by molar-refractivity contribution is 6.03. The Hall–Kier alpha value is -3.40. The number of amides is 2. The summed E-state index contributed by atoms with van der Waals surface area (Å²) in [5, 5.41) is 5.32. The maximum atomic E-state index is 12.3. The van der Waals surface area contributed by atoms with Crippen LogP contribution in [0.4, 0.5) is 0 Å². The first-order valence-corrected chi connectivity index (χ1v) is 7.89. The molecule has 2 amide bonds. The molecule has 0 fully saturated rings. The fourth-order valence-electron chi connectivity index (χ4n) is 2.04. The summed E-state index contributed by atoms with van der Waals surface area (Å²) < 4.78 is 0. The first-order valence-electron chi connectivity index (χ1n) is 7.89. The van der Waals surface area contributed by atoms with Crippen LogP contribution in [0.1, 0.15) is 15.9 Å². The number of nitrogens with one attached hydrogen (secondary N) is 2. The highest BCUT2D eigenvalue weighted by atomic mass is 16.2. The Morgan fingerprint density at radius 1 is 0.960 bits per heavy atom. The van der Waals surface area contributed by atoms with E-state index in [0.717, 1.165) is 5.56 Å². The number of hydrogen-bond acceptors (Lipinski definition) is 2. The Morgan fingerprint density at radius 3 is 2.24 bits per heavy atom. The van der Waals surface area contributed by atoms with Gasteiger partial charge in [0.05, 0.1) is 0 Å². The van der Waals surface area contributed by atoms with Crippen LogP contribution in [0.2, 0.25) is 0 Å².